The van der Waals surface area contributed by atoms with Crippen LogP contribution in [0.15, 0.2) is 64.3 Å². The van der Waals surface area contributed by atoms with Crippen LogP contribution >= 0.6 is 0 Å². The smallest absolute Gasteiger partial charge is 0.271 e. The summed E-state index contributed by atoms with van der Waals surface area (Å²) in [5, 5.41) is 4.59. The van der Waals surface area contributed by atoms with Crippen molar-refractivity contribution in [1.82, 2.24) is 14.7 Å². The Morgan fingerprint density at radius 2 is 1.62 bits per heavy atom. The highest BCUT2D eigenvalue weighted by Gasteiger charge is 2.26. The van der Waals surface area contributed by atoms with Gasteiger partial charge < -0.3 is 0 Å². The largest absolute Gasteiger partial charge is 0.300 e. The first-order valence-electron chi connectivity index (χ1n) is 11.2. The number of hydrogen-bond acceptors (Lipinski definition) is 5. The molecule has 0 saturated heterocycles. The fraction of sp³-hybridized carbons (Fsp3) is 0.360. The third-order valence-electron chi connectivity index (χ3n) is 6.74. The van der Waals surface area contributed by atoms with E-state index in [2.05, 4.69) is 28.2 Å². The van der Waals surface area contributed by atoms with Gasteiger partial charge in [0.15, 0.2) is 9.84 Å². The highest BCUT2D eigenvalue weighted by atomic mass is 32.2. The van der Waals surface area contributed by atoms with Gasteiger partial charge in [0.25, 0.3) is 5.56 Å². The standard InChI is InChI=1S/C25H27N3O3S/c1-32(30,31)23-9-7-22(8-10-23)28-25(29)12-11-24(26-28)20-6-5-18-13-15-27(21-3-2-4-21)16-14-19(18)17-20/h5-12,17,21H,2-4,13-16H2,1H3. The Morgan fingerprint density at radius 1 is 0.906 bits per heavy atom. The van der Waals surface area contributed by atoms with E-state index in [1.807, 2.05) is 0 Å². The molecule has 2 aliphatic rings. The monoisotopic (exact) mass is 449 g/mol. The lowest BCUT2D eigenvalue weighted by Gasteiger charge is -2.36. The van der Waals surface area contributed by atoms with E-state index in [4.69, 9.17) is 0 Å². The van der Waals surface area contributed by atoms with Crippen LogP contribution < -0.4 is 5.56 Å². The van der Waals surface area contributed by atoms with Crippen LogP contribution in [0.5, 0.6) is 0 Å². The highest BCUT2D eigenvalue weighted by Crippen LogP contribution is 2.29. The Bertz CT molecular complexity index is 1310. The molecule has 2 aromatic carbocycles. The molecule has 5 rings (SSSR count). The van der Waals surface area contributed by atoms with E-state index in [1.54, 1.807) is 18.2 Å². The molecule has 3 aromatic rings. The number of aromatic nitrogens is 2. The van der Waals surface area contributed by atoms with Crippen LogP contribution in [0.3, 0.4) is 0 Å². The van der Waals surface area contributed by atoms with Gasteiger partial charge in [-0.1, -0.05) is 18.6 Å². The van der Waals surface area contributed by atoms with Crippen LogP contribution in [0.4, 0.5) is 0 Å². The van der Waals surface area contributed by atoms with Gasteiger partial charge in [0, 0.05) is 37.0 Å². The van der Waals surface area contributed by atoms with Gasteiger partial charge in [-0.05, 0) is 73.2 Å². The van der Waals surface area contributed by atoms with Crippen molar-refractivity contribution < 1.29 is 8.42 Å². The predicted molar refractivity (Wildman–Crippen MR) is 125 cm³/mol. The van der Waals surface area contributed by atoms with E-state index in [9.17, 15) is 13.2 Å². The molecule has 0 amide bonds. The van der Waals surface area contributed by atoms with Gasteiger partial charge in [0.05, 0.1) is 16.3 Å². The molecular weight excluding hydrogens is 422 g/mol. The average Bonchev–Trinajstić information content (AvgIpc) is 2.95. The number of fused-ring (bicyclic) bond motifs is 1. The summed E-state index contributed by atoms with van der Waals surface area (Å²) in [6, 6.07) is 16.8. The Kier molecular flexibility index (Phi) is 5.47. The second kappa shape index (κ2) is 8.30. The first-order chi connectivity index (χ1) is 15.4. The lowest BCUT2D eigenvalue weighted by Crippen LogP contribution is -2.41. The molecule has 0 bridgehead atoms. The summed E-state index contributed by atoms with van der Waals surface area (Å²) in [4.78, 5) is 15.3. The van der Waals surface area contributed by atoms with E-state index in [-0.39, 0.29) is 10.5 Å². The zero-order chi connectivity index (χ0) is 22.3. The second-order valence-electron chi connectivity index (χ2n) is 8.84. The fourth-order valence-electron chi connectivity index (χ4n) is 4.60. The minimum Gasteiger partial charge on any atom is -0.300 e. The molecule has 1 aliphatic carbocycles. The Labute approximate surface area is 188 Å². The maximum absolute atomic E-state index is 12.5. The summed E-state index contributed by atoms with van der Waals surface area (Å²) >= 11 is 0. The lowest BCUT2D eigenvalue weighted by atomic mass is 9.91. The van der Waals surface area contributed by atoms with Gasteiger partial charge in [0.2, 0.25) is 0 Å². The van der Waals surface area contributed by atoms with Crippen molar-refractivity contribution in [3.63, 3.8) is 0 Å². The molecule has 0 N–H and O–H groups in total. The van der Waals surface area contributed by atoms with Crippen LogP contribution in [0, 0.1) is 0 Å². The topological polar surface area (TPSA) is 72.3 Å². The summed E-state index contributed by atoms with van der Waals surface area (Å²) in [5.74, 6) is 0. The Morgan fingerprint density at radius 3 is 2.28 bits per heavy atom. The van der Waals surface area contributed by atoms with Gasteiger partial charge in [-0.2, -0.15) is 9.78 Å². The predicted octanol–water partition coefficient (Wildman–Crippen LogP) is 3.26. The molecule has 0 atom stereocenters. The summed E-state index contributed by atoms with van der Waals surface area (Å²) in [6.07, 6.45) is 7.29. The molecule has 1 fully saturated rings. The summed E-state index contributed by atoms with van der Waals surface area (Å²) in [5.41, 5.74) is 4.76. The number of nitrogens with zero attached hydrogens (tertiary/aromatic N) is 3. The van der Waals surface area contributed by atoms with Gasteiger partial charge >= 0.3 is 0 Å². The first-order valence-corrected chi connectivity index (χ1v) is 13.0. The van der Waals surface area contributed by atoms with Gasteiger partial charge in [-0.3, -0.25) is 9.69 Å². The Hall–Kier alpha value is -2.77. The van der Waals surface area contributed by atoms with Crippen LogP contribution in [-0.2, 0) is 22.7 Å². The van der Waals surface area contributed by atoms with Crippen molar-refractivity contribution >= 4 is 9.84 Å². The van der Waals surface area contributed by atoms with E-state index in [0.29, 0.717) is 5.69 Å². The van der Waals surface area contributed by atoms with E-state index in [0.717, 1.165) is 49.5 Å². The van der Waals surface area contributed by atoms with Crippen LogP contribution in [0.25, 0.3) is 16.9 Å². The molecule has 6 nitrogen and oxygen atoms in total. The van der Waals surface area contributed by atoms with Crippen molar-refractivity contribution in [2.24, 2.45) is 0 Å². The molecule has 1 saturated carbocycles. The van der Waals surface area contributed by atoms with Crippen molar-refractivity contribution in [2.75, 3.05) is 19.3 Å². The van der Waals surface area contributed by atoms with E-state index < -0.39 is 9.84 Å². The number of sulfone groups is 1. The molecule has 32 heavy (non-hydrogen) atoms. The van der Waals surface area contributed by atoms with Crippen molar-refractivity contribution in [1.29, 1.82) is 0 Å². The van der Waals surface area contributed by atoms with E-state index >= 15 is 0 Å². The third-order valence-corrected chi connectivity index (χ3v) is 7.87. The van der Waals surface area contributed by atoms with Crippen molar-refractivity contribution in [2.45, 2.75) is 43.0 Å². The Balaban J connectivity index is 1.44. The molecule has 7 heteroatoms. The molecule has 0 spiro atoms. The normalized spacial score (nSPS) is 17.4. The molecule has 2 heterocycles. The SMILES string of the molecule is CS(=O)(=O)c1ccc(-n2nc(-c3ccc4c(c3)CCN(C3CCC3)CC4)ccc2=O)cc1. The van der Waals surface area contributed by atoms with Crippen LogP contribution in [-0.4, -0.2) is 48.5 Å². The highest BCUT2D eigenvalue weighted by molar-refractivity contribution is 7.90. The number of hydrogen-bond donors (Lipinski definition) is 0. The number of rotatable bonds is 4. The molecule has 0 unspecified atom stereocenters. The molecule has 0 radical (unpaired) electrons. The quantitative estimate of drug-likeness (QED) is 0.611. The zero-order valence-corrected chi connectivity index (χ0v) is 19.0. The number of benzene rings is 2. The fourth-order valence-corrected chi connectivity index (χ4v) is 5.23. The molecule has 166 valence electrons. The van der Waals surface area contributed by atoms with Crippen molar-refractivity contribution in [3.8, 4) is 16.9 Å². The molecule has 1 aliphatic heterocycles. The third kappa shape index (κ3) is 4.14. The summed E-state index contributed by atoms with van der Waals surface area (Å²) < 4.78 is 24.8. The van der Waals surface area contributed by atoms with Gasteiger partial charge in [-0.15, -0.1) is 0 Å². The lowest BCUT2D eigenvalue weighted by molar-refractivity contribution is 0.133. The minimum absolute atomic E-state index is 0.215. The van der Waals surface area contributed by atoms with E-state index in [1.165, 1.54) is 53.3 Å². The maximum atomic E-state index is 12.5. The van der Waals surface area contributed by atoms with Gasteiger partial charge in [-0.25, -0.2) is 8.42 Å². The molecular formula is C25H27N3O3S. The summed E-state index contributed by atoms with van der Waals surface area (Å²) in [6.45, 7) is 2.23. The maximum Gasteiger partial charge on any atom is 0.271 e. The van der Waals surface area contributed by atoms with Crippen LogP contribution in [0.2, 0.25) is 0 Å². The van der Waals surface area contributed by atoms with Gasteiger partial charge in [0.1, 0.15) is 0 Å². The second-order valence-corrected chi connectivity index (χ2v) is 10.9. The summed E-state index contributed by atoms with van der Waals surface area (Å²) in [7, 11) is -3.29. The first kappa shape index (κ1) is 21.1. The van der Waals surface area contributed by atoms with Crippen LogP contribution in [0.1, 0.15) is 30.4 Å². The minimum atomic E-state index is -3.29. The average molecular weight is 450 g/mol. The molecule has 1 aromatic heterocycles. The zero-order valence-electron chi connectivity index (χ0n) is 18.2. The van der Waals surface area contributed by atoms with Crippen molar-refractivity contribution in [3.05, 3.63) is 76.1 Å².